The predicted octanol–water partition coefficient (Wildman–Crippen LogP) is 3.13. The number of pyridine rings is 1. The molecule has 7 heteroatoms. The number of nitrogens with zero attached hydrogens (tertiary/aromatic N) is 3. The van der Waals surface area contributed by atoms with Crippen LogP contribution < -0.4 is 0 Å². The molecule has 146 valence electrons. The number of amides is 1. The SMILES string of the molecule is CN(C)Cc1c[nH]c2ncc(C=CC(=O)N3CC(OCc4cccs4)C3)cc12. The summed E-state index contributed by atoms with van der Waals surface area (Å²) in [7, 11) is 4.08. The van der Waals surface area contributed by atoms with Gasteiger partial charge in [0.1, 0.15) is 5.65 Å². The van der Waals surface area contributed by atoms with Gasteiger partial charge in [0.15, 0.2) is 0 Å². The summed E-state index contributed by atoms with van der Waals surface area (Å²) in [5.74, 6) is 0.0126. The average molecular weight is 397 g/mol. The van der Waals surface area contributed by atoms with E-state index in [1.54, 1.807) is 28.5 Å². The van der Waals surface area contributed by atoms with E-state index < -0.39 is 0 Å². The summed E-state index contributed by atoms with van der Waals surface area (Å²) in [5, 5.41) is 3.14. The molecule has 0 unspecified atom stereocenters. The minimum Gasteiger partial charge on any atom is -0.369 e. The lowest BCUT2D eigenvalue weighted by atomic mass is 10.1. The van der Waals surface area contributed by atoms with Crippen LogP contribution in [0.3, 0.4) is 0 Å². The molecule has 28 heavy (non-hydrogen) atoms. The van der Waals surface area contributed by atoms with E-state index in [4.69, 9.17) is 4.74 Å². The number of H-pyrrole nitrogens is 1. The van der Waals surface area contributed by atoms with E-state index >= 15 is 0 Å². The van der Waals surface area contributed by atoms with Gasteiger partial charge in [0.05, 0.1) is 12.7 Å². The molecule has 1 aliphatic heterocycles. The number of carbonyl (C=O) groups excluding carboxylic acids is 1. The highest BCUT2D eigenvalue weighted by atomic mass is 32.1. The fraction of sp³-hybridized carbons (Fsp3) is 0.333. The van der Waals surface area contributed by atoms with Gasteiger partial charge in [0, 0.05) is 48.4 Å². The lowest BCUT2D eigenvalue weighted by Gasteiger charge is -2.38. The van der Waals surface area contributed by atoms with Crippen LogP contribution in [0, 0.1) is 0 Å². The van der Waals surface area contributed by atoms with Crippen molar-refractivity contribution in [3.05, 3.63) is 58.1 Å². The van der Waals surface area contributed by atoms with Crippen LogP contribution in [-0.4, -0.2) is 59.0 Å². The average Bonchev–Trinajstić information content (AvgIpc) is 3.28. The van der Waals surface area contributed by atoms with Gasteiger partial charge < -0.3 is 19.5 Å². The van der Waals surface area contributed by atoms with Crippen LogP contribution in [0.15, 0.2) is 42.0 Å². The molecule has 1 aliphatic rings. The van der Waals surface area contributed by atoms with Crippen molar-refractivity contribution < 1.29 is 9.53 Å². The topological polar surface area (TPSA) is 61.5 Å². The third-order valence-corrected chi connectivity index (χ3v) is 5.59. The van der Waals surface area contributed by atoms with Crippen molar-refractivity contribution in [1.29, 1.82) is 0 Å². The fourth-order valence-corrected chi connectivity index (χ4v) is 3.85. The molecular formula is C21H24N4O2S. The Bertz CT molecular complexity index is 972. The van der Waals surface area contributed by atoms with Gasteiger partial charge in [-0.05, 0) is 48.8 Å². The maximum atomic E-state index is 12.4. The molecule has 4 rings (SSSR count). The van der Waals surface area contributed by atoms with Crippen LogP contribution in [-0.2, 0) is 22.7 Å². The van der Waals surface area contributed by atoms with Crippen molar-refractivity contribution in [2.45, 2.75) is 19.3 Å². The summed E-state index contributed by atoms with van der Waals surface area (Å²) in [6.45, 7) is 2.76. The summed E-state index contributed by atoms with van der Waals surface area (Å²) in [4.78, 5) is 25.1. The van der Waals surface area contributed by atoms with Crippen molar-refractivity contribution in [1.82, 2.24) is 19.8 Å². The number of hydrogen-bond donors (Lipinski definition) is 1. The molecule has 0 spiro atoms. The molecule has 1 fully saturated rings. The summed E-state index contributed by atoms with van der Waals surface area (Å²) in [6, 6.07) is 6.16. The summed E-state index contributed by atoms with van der Waals surface area (Å²) in [5.41, 5.74) is 2.99. The highest BCUT2D eigenvalue weighted by Crippen LogP contribution is 2.20. The van der Waals surface area contributed by atoms with Gasteiger partial charge in [0.25, 0.3) is 0 Å². The number of aromatic amines is 1. The Kier molecular flexibility index (Phi) is 5.57. The summed E-state index contributed by atoms with van der Waals surface area (Å²) >= 11 is 1.69. The van der Waals surface area contributed by atoms with Crippen LogP contribution in [0.5, 0.6) is 0 Å². The van der Waals surface area contributed by atoms with Crippen molar-refractivity contribution in [3.63, 3.8) is 0 Å². The second kappa shape index (κ2) is 8.26. The van der Waals surface area contributed by atoms with Crippen molar-refractivity contribution in [2.75, 3.05) is 27.2 Å². The molecule has 3 aromatic heterocycles. The molecule has 6 nitrogen and oxygen atoms in total. The normalized spacial score (nSPS) is 15.0. The molecule has 4 heterocycles. The van der Waals surface area contributed by atoms with E-state index in [2.05, 4.69) is 27.0 Å². The molecule has 1 amide bonds. The van der Waals surface area contributed by atoms with Gasteiger partial charge in [-0.25, -0.2) is 4.98 Å². The van der Waals surface area contributed by atoms with Gasteiger partial charge in [-0.15, -0.1) is 11.3 Å². The molecule has 0 aliphatic carbocycles. The third kappa shape index (κ3) is 4.32. The number of aromatic nitrogens is 2. The van der Waals surface area contributed by atoms with Crippen molar-refractivity contribution in [2.24, 2.45) is 0 Å². The van der Waals surface area contributed by atoms with E-state index in [-0.39, 0.29) is 12.0 Å². The maximum absolute atomic E-state index is 12.4. The fourth-order valence-electron chi connectivity index (χ4n) is 3.23. The van der Waals surface area contributed by atoms with E-state index in [1.807, 2.05) is 37.8 Å². The van der Waals surface area contributed by atoms with Crippen LogP contribution in [0.2, 0.25) is 0 Å². The summed E-state index contributed by atoms with van der Waals surface area (Å²) in [6.07, 6.45) is 7.36. The first-order valence-electron chi connectivity index (χ1n) is 9.30. The highest BCUT2D eigenvalue weighted by Gasteiger charge is 2.30. The molecule has 0 radical (unpaired) electrons. The Hall–Kier alpha value is -2.48. The molecule has 0 saturated carbocycles. The third-order valence-electron chi connectivity index (χ3n) is 4.74. The number of fused-ring (bicyclic) bond motifs is 1. The monoisotopic (exact) mass is 396 g/mol. The van der Waals surface area contributed by atoms with Crippen LogP contribution >= 0.6 is 11.3 Å². The second-order valence-electron chi connectivity index (χ2n) is 7.31. The van der Waals surface area contributed by atoms with E-state index in [0.717, 1.165) is 23.1 Å². The Morgan fingerprint density at radius 2 is 2.32 bits per heavy atom. The maximum Gasteiger partial charge on any atom is 0.246 e. The van der Waals surface area contributed by atoms with Gasteiger partial charge in [-0.2, -0.15) is 0 Å². The summed E-state index contributed by atoms with van der Waals surface area (Å²) < 4.78 is 5.82. The Morgan fingerprint density at radius 1 is 1.46 bits per heavy atom. The first-order chi connectivity index (χ1) is 13.6. The number of hydrogen-bond acceptors (Lipinski definition) is 5. The minimum atomic E-state index is 0.0126. The second-order valence-corrected chi connectivity index (χ2v) is 8.34. The van der Waals surface area contributed by atoms with Crippen LogP contribution in [0.25, 0.3) is 17.1 Å². The zero-order valence-electron chi connectivity index (χ0n) is 16.1. The van der Waals surface area contributed by atoms with Crippen LogP contribution in [0.1, 0.15) is 16.0 Å². The van der Waals surface area contributed by atoms with Crippen LogP contribution in [0.4, 0.5) is 0 Å². The lowest BCUT2D eigenvalue weighted by Crippen LogP contribution is -2.54. The Labute approximate surface area is 168 Å². The molecule has 1 saturated heterocycles. The van der Waals surface area contributed by atoms with Crippen molar-refractivity contribution in [3.8, 4) is 0 Å². The molecule has 3 aromatic rings. The lowest BCUT2D eigenvalue weighted by molar-refractivity contribution is -0.140. The number of rotatable bonds is 7. The standard InChI is InChI=1S/C21H24N4O2S/c1-24(2)11-16-10-23-21-19(16)8-15(9-22-21)5-6-20(26)25-12-17(13-25)27-14-18-4-3-7-28-18/h3-10,17H,11-14H2,1-2H3,(H,22,23). The van der Waals surface area contributed by atoms with Crippen molar-refractivity contribution >= 4 is 34.4 Å². The Balaban J connectivity index is 1.32. The van der Waals surface area contributed by atoms with E-state index in [9.17, 15) is 4.79 Å². The first kappa shape index (κ1) is 18.9. The molecular weight excluding hydrogens is 372 g/mol. The van der Waals surface area contributed by atoms with E-state index in [0.29, 0.717) is 19.7 Å². The smallest absolute Gasteiger partial charge is 0.246 e. The molecule has 0 aromatic carbocycles. The first-order valence-corrected chi connectivity index (χ1v) is 10.2. The van der Waals surface area contributed by atoms with Gasteiger partial charge in [-0.1, -0.05) is 6.07 Å². The zero-order chi connectivity index (χ0) is 19.5. The van der Waals surface area contributed by atoms with Gasteiger partial charge >= 0.3 is 0 Å². The zero-order valence-corrected chi connectivity index (χ0v) is 16.9. The number of nitrogens with one attached hydrogen (secondary N) is 1. The van der Waals surface area contributed by atoms with E-state index in [1.165, 1.54) is 10.4 Å². The molecule has 1 N–H and O–H groups in total. The number of likely N-dealkylation sites (tertiary alicyclic amines) is 1. The predicted molar refractivity (Wildman–Crippen MR) is 112 cm³/mol. The molecule has 0 atom stereocenters. The minimum absolute atomic E-state index is 0.0126. The van der Waals surface area contributed by atoms with Gasteiger partial charge in [0.2, 0.25) is 5.91 Å². The van der Waals surface area contributed by atoms with Gasteiger partial charge in [-0.3, -0.25) is 4.79 Å². The number of thiophene rings is 1. The number of carbonyl (C=O) groups is 1. The largest absolute Gasteiger partial charge is 0.369 e. The number of ether oxygens (including phenoxy) is 1. The Morgan fingerprint density at radius 3 is 3.07 bits per heavy atom. The highest BCUT2D eigenvalue weighted by molar-refractivity contribution is 7.09. The quantitative estimate of drug-likeness (QED) is 0.624. The molecule has 0 bridgehead atoms.